The highest BCUT2D eigenvalue weighted by molar-refractivity contribution is 5.92. The Bertz CT molecular complexity index is 585. The minimum atomic E-state index is -0.960. The molecular formula is C13H14N2O3. The third kappa shape index (κ3) is 2.03. The summed E-state index contributed by atoms with van der Waals surface area (Å²) in [4.78, 5) is 15.2. The maximum absolute atomic E-state index is 10.9. The van der Waals surface area contributed by atoms with Crippen LogP contribution in [-0.2, 0) is 0 Å². The minimum absolute atomic E-state index is 0.214. The molecule has 0 radical (unpaired) electrons. The molecule has 0 bridgehead atoms. The highest BCUT2D eigenvalue weighted by Crippen LogP contribution is 2.25. The number of fused-ring (bicyclic) bond motifs is 1. The normalized spacial score (nSPS) is 16.2. The number of nitrogens with zero attached hydrogens (tertiary/aromatic N) is 1. The maximum atomic E-state index is 10.9. The summed E-state index contributed by atoms with van der Waals surface area (Å²) in [6, 6.07) is 5.62. The molecule has 94 valence electrons. The Balaban J connectivity index is 1.87. The van der Waals surface area contributed by atoms with Crippen molar-refractivity contribution >= 4 is 23.1 Å². The van der Waals surface area contributed by atoms with Crippen molar-refractivity contribution in [3.63, 3.8) is 0 Å². The third-order valence-corrected chi connectivity index (χ3v) is 3.32. The van der Waals surface area contributed by atoms with Crippen molar-refractivity contribution in [1.82, 2.24) is 4.98 Å². The zero-order valence-corrected chi connectivity index (χ0v) is 9.85. The first-order chi connectivity index (χ1) is 8.72. The molecule has 1 heterocycles. The summed E-state index contributed by atoms with van der Waals surface area (Å²) in [6.07, 6.45) is 4.75. The van der Waals surface area contributed by atoms with Crippen LogP contribution in [-0.4, -0.2) is 22.1 Å². The van der Waals surface area contributed by atoms with E-state index in [2.05, 4.69) is 10.3 Å². The summed E-state index contributed by atoms with van der Waals surface area (Å²) in [7, 11) is 0. The average Bonchev–Trinajstić information content (AvgIpc) is 2.96. The van der Waals surface area contributed by atoms with Crippen LogP contribution in [0.4, 0.5) is 6.01 Å². The number of carboxylic acids is 1. The van der Waals surface area contributed by atoms with Crippen LogP contribution in [0.15, 0.2) is 22.6 Å². The van der Waals surface area contributed by atoms with Crippen LogP contribution in [0.3, 0.4) is 0 Å². The van der Waals surface area contributed by atoms with Gasteiger partial charge in [-0.2, -0.15) is 4.98 Å². The van der Waals surface area contributed by atoms with Crippen LogP contribution in [0.25, 0.3) is 11.1 Å². The lowest BCUT2D eigenvalue weighted by Gasteiger charge is -2.07. The number of aromatic carboxylic acids is 1. The Hall–Kier alpha value is -2.04. The van der Waals surface area contributed by atoms with Crippen molar-refractivity contribution in [2.24, 2.45) is 0 Å². The number of anilines is 1. The Morgan fingerprint density at radius 1 is 1.39 bits per heavy atom. The van der Waals surface area contributed by atoms with Crippen molar-refractivity contribution in [1.29, 1.82) is 0 Å². The summed E-state index contributed by atoms with van der Waals surface area (Å²) in [5.74, 6) is -0.960. The molecule has 2 N–H and O–H groups in total. The molecule has 3 rings (SSSR count). The van der Waals surface area contributed by atoms with Crippen molar-refractivity contribution in [2.75, 3.05) is 5.32 Å². The number of rotatable bonds is 3. The first-order valence-corrected chi connectivity index (χ1v) is 6.13. The topological polar surface area (TPSA) is 75.4 Å². The van der Waals surface area contributed by atoms with E-state index >= 15 is 0 Å². The van der Waals surface area contributed by atoms with Gasteiger partial charge in [0.05, 0.1) is 5.56 Å². The fourth-order valence-corrected chi connectivity index (χ4v) is 2.36. The van der Waals surface area contributed by atoms with Gasteiger partial charge >= 0.3 is 5.97 Å². The Kier molecular flexibility index (Phi) is 2.66. The lowest BCUT2D eigenvalue weighted by Crippen LogP contribution is -2.14. The van der Waals surface area contributed by atoms with Crippen LogP contribution in [0.2, 0.25) is 0 Å². The van der Waals surface area contributed by atoms with Gasteiger partial charge in [0, 0.05) is 6.04 Å². The van der Waals surface area contributed by atoms with Crippen molar-refractivity contribution in [2.45, 2.75) is 31.7 Å². The molecule has 1 fully saturated rings. The van der Waals surface area contributed by atoms with E-state index in [1.54, 1.807) is 6.07 Å². The van der Waals surface area contributed by atoms with Gasteiger partial charge in [0.15, 0.2) is 5.58 Å². The number of aromatic nitrogens is 1. The van der Waals surface area contributed by atoms with Gasteiger partial charge in [-0.1, -0.05) is 12.8 Å². The van der Waals surface area contributed by atoms with E-state index in [1.807, 2.05) is 0 Å². The van der Waals surface area contributed by atoms with Crippen LogP contribution >= 0.6 is 0 Å². The quantitative estimate of drug-likeness (QED) is 0.870. The smallest absolute Gasteiger partial charge is 0.335 e. The second kappa shape index (κ2) is 4.33. The van der Waals surface area contributed by atoms with E-state index in [-0.39, 0.29) is 5.56 Å². The van der Waals surface area contributed by atoms with Gasteiger partial charge in [-0.05, 0) is 31.0 Å². The lowest BCUT2D eigenvalue weighted by atomic mass is 10.2. The minimum Gasteiger partial charge on any atom is -0.478 e. The van der Waals surface area contributed by atoms with Crippen molar-refractivity contribution in [3.05, 3.63) is 23.8 Å². The fourth-order valence-electron chi connectivity index (χ4n) is 2.36. The lowest BCUT2D eigenvalue weighted by molar-refractivity contribution is 0.0697. The summed E-state index contributed by atoms with van der Waals surface area (Å²) in [5.41, 5.74) is 1.40. The van der Waals surface area contributed by atoms with Crippen LogP contribution in [0, 0.1) is 0 Å². The van der Waals surface area contributed by atoms with E-state index in [1.165, 1.54) is 25.0 Å². The molecule has 0 unspecified atom stereocenters. The van der Waals surface area contributed by atoms with E-state index in [9.17, 15) is 4.79 Å². The highest BCUT2D eigenvalue weighted by atomic mass is 16.4. The summed E-state index contributed by atoms with van der Waals surface area (Å²) in [5, 5.41) is 12.2. The van der Waals surface area contributed by atoms with Gasteiger partial charge in [-0.15, -0.1) is 0 Å². The number of benzene rings is 1. The van der Waals surface area contributed by atoms with Crippen LogP contribution in [0.1, 0.15) is 36.0 Å². The molecule has 1 aromatic heterocycles. The summed E-state index contributed by atoms with van der Waals surface area (Å²) >= 11 is 0. The predicted molar refractivity (Wildman–Crippen MR) is 66.8 cm³/mol. The van der Waals surface area contributed by atoms with Gasteiger partial charge in [-0.25, -0.2) is 4.79 Å². The number of carboxylic acid groups (broad SMARTS) is 1. The molecule has 0 saturated heterocycles. The van der Waals surface area contributed by atoms with Crippen molar-refractivity contribution in [3.8, 4) is 0 Å². The zero-order valence-electron chi connectivity index (χ0n) is 9.85. The van der Waals surface area contributed by atoms with Gasteiger partial charge in [0.25, 0.3) is 6.01 Å². The molecule has 0 atom stereocenters. The van der Waals surface area contributed by atoms with E-state index in [0.29, 0.717) is 23.2 Å². The first-order valence-electron chi connectivity index (χ1n) is 6.13. The molecule has 1 aliphatic rings. The molecule has 0 amide bonds. The molecule has 1 aliphatic carbocycles. The Morgan fingerprint density at radius 3 is 2.89 bits per heavy atom. The van der Waals surface area contributed by atoms with Crippen LogP contribution < -0.4 is 5.32 Å². The number of nitrogens with one attached hydrogen (secondary N) is 1. The monoisotopic (exact) mass is 246 g/mol. The molecule has 0 spiro atoms. The van der Waals surface area contributed by atoms with E-state index in [0.717, 1.165) is 12.8 Å². The summed E-state index contributed by atoms with van der Waals surface area (Å²) in [6.45, 7) is 0. The van der Waals surface area contributed by atoms with Crippen LogP contribution in [0.5, 0.6) is 0 Å². The van der Waals surface area contributed by atoms with Gasteiger partial charge in [-0.3, -0.25) is 0 Å². The zero-order chi connectivity index (χ0) is 12.5. The molecule has 18 heavy (non-hydrogen) atoms. The second-order valence-electron chi connectivity index (χ2n) is 4.63. The average molecular weight is 246 g/mol. The van der Waals surface area contributed by atoms with E-state index < -0.39 is 5.97 Å². The molecule has 1 saturated carbocycles. The first kappa shape index (κ1) is 11.1. The van der Waals surface area contributed by atoms with Gasteiger partial charge < -0.3 is 14.8 Å². The van der Waals surface area contributed by atoms with Crippen molar-refractivity contribution < 1.29 is 14.3 Å². The number of hydrogen-bond donors (Lipinski definition) is 2. The Labute approximate surface area is 104 Å². The number of hydrogen-bond acceptors (Lipinski definition) is 4. The number of oxazole rings is 1. The van der Waals surface area contributed by atoms with E-state index in [4.69, 9.17) is 9.52 Å². The molecule has 5 nitrogen and oxygen atoms in total. The predicted octanol–water partition coefficient (Wildman–Crippen LogP) is 2.88. The number of carbonyl (C=O) groups is 1. The Morgan fingerprint density at radius 2 is 2.17 bits per heavy atom. The summed E-state index contributed by atoms with van der Waals surface area (Å²) < 4.78 is 5.54. The molecule has 1 aromatic carbocycles. The SMILES string of the molecule is O=C(O)c1ccc2nc(NC3CCCC3)oc2c1. The molecule has 2 aromatic rings. The van der Waals surface area contributed by atoms with Gasteiger partial charge in [0.2, 0.25) is 0 Å². The second-order valence-corrected chi connectivity index (χ2v) is 4.63. The molecule has 0 aliphatic heterocycles. The standard InChI is InChI=1S/C13H14N2O3/c16-12(17)8-5-6-10-11(7-8)18-13(15-10)14-9-3-1-2-4-9/h5-7,9H,1-4H2,(H,14,15)(H,16,17). The molecular weight excluding hydrogens is 232 g/mol. The molecule has 5 heteroatoms. The fraction of sp³-hybridized carbons (Fsp3) is 0.385. The van der Waals surface area contributed by atoms with Gasteiger partial charge in [0.1, 0.15) is 5.52 Å². The highest BCUT2D eigenvalue weighted by Gasteiger charge is 2.17. The largest absolute Gasteiger partial charge is 0.478 e. The third-order valence-electron chi connectivity index (χ3n) is 3.32. The maximum Gasteiger partial charge on any atom is 0.335 e.